The van der Waals surface area contributed by atoms with E-state index in [1.165, 1.54) is 9.80 Å². The highest BCUT2D eigenvalue weighted by Gasteiger charge is 2.66. The van der Waals surface area contributed by atoms with Gasteiger partial charge in [-0.15, -0.1) is 0 Å². The maximum absolute atomic E-state index is 14.0. The van der Waals surface area contributed by atoms with Gasteiger partial charge in [-0.1, -0.05) is 30.9 Å². The number of carbonyl (C=O) groups is 3. The molecule has 5 rings (SSSR count). The molecular weight excluding hydrogens is 474 g/mol. The number of amides is 2. The fraction of sp³-hybridized carbons (Fsp3) is 0.321. The lowest BCUT2D eigenvalue weighted by molar-refractivity contribution is -0.144. The first-order valence-corrected chi connectivity index (χ1v) is 12.2. The third-order valence-electron chi connectivity index (χ3n) is 7.18. The van der Waals surface area contributed by atoms with Crippen molar-refractivity contribution < 1.29 is 29.0 Å². The van der Waals surface area contributed by atoms with Crippen molar-refractivity contribution in [2.75, 3.05) is 57.9 Å². The van der Waals surface area contributed by atoms with E-state index in [2.05, 4.69) is 11.5 Å². The summed E-state index contributed by atoms with van der Waals surface area (Å²) in [6.45, 7) is 7.11. The van der Waals surface area contributed by atoms with Crippen LogP contribution in [0.3, 0.4) is 0 Å². The van der Waals surface area contributed by atoms with Crippen LogP contribution in [0, 0.1) is 0 Å². The van der Waals surface area contributed by atoms with Crippen LogP contribution in [0.1, 0.15) is 11.1 Å². The molecule has 3 aliphatic heterocycles. The summed E-state index contributed by atoms with van der Waals surface area (Å²) in [5.41, 5.74) is -0.591. The lowest BCUT2D eigenvalue weighted by Gasteiger charge is -2.36. The molecule has 0 saturated carbocycles. The zero-order valence-corrected chi connectivity index (χ0v) is 20.7. The Kier molecular flexibility index (Phi) is 6.57. The third-order valence-corrected chi connectivity index (χ3v) is 7.18. The molecule has 2 amide bonds. The number of likely N-dealkylation sites (tertiary alicyclic amines) is 1. The van der Waals surface area contributed by atoms with Gasteiger partial charge in [-0.3, -0.25) is 19.3 Å². The SMILES string of the molecule is C=CCOc1ccc(C(O)=C2C(=O)C(=O)N(CCN3CCOCC3)[C@]23C(=O)N(C)c2ccccc23)cc1. The summed E-state index contributed by atoms with van der Waals surface area (Å²) in [5, 5.41) is 11.5. The van der Waals surface area contributed by atoms with Crippen LogP contribution in [-0.4, -0.2) is 85.6 Å². The molecule has 9 heteroatoms. The number of Topliss-reactive ketones (excluding diaryl/α,β-unsaturated/α-hetero) is 1. The van der Waals surface area contributed by atoms with Crippen molar-refractivity contribution in [3.8, 4) is 5.75 Å². The predicted octanol–water partition coefficient (Wildman–Crippen LogP) is 2.14. The molecule has 0 unspecified atom stereocenters. The molecule has 0 bridgehead atoms. The van der Waals surface area contributed by atoms with Gasteiger partial charge in [0.15, 0.2) is 5.54 Å². The maximum atomic E-state index is 14.0. The molecular formula is C28H29N3O6. The van der Waals surface area contributed by atoms with Gasteiger partial charge in [0.25, 0.3) is 17.6 Å². The van der Waals surface area contributed by atoms with Gasteiger partial charge < -0.3 is 24.4 Å². The number of ketones is 1. The van der Waals surface area contributed by atoms with Gasteiger partial charge in [0.2, 0.25) is 0 Å². The largest absolute Gasteiger partial charge is 0.507 e. The zero-order valence-electron chi connectivity index (χ0n) is 20.7. The van der Waals surface area contributed by atoms with E-state index in [1.807, 2.05) is 0 Å². The van der Waals surface area contributed by atoms with E-state index in [0.717, 1.165) is 0 Å². The molecule has 2 aromatic carbocycles. The number of aliphatic hydroxyl groups excluding tert-OH is 1. The van der Waals surface area contributed by atoms with Crippen molar-refractivity contribution in [3.05, 3.63) is 77.9 Å². The number of carbonyl (C=O) groups excluding carboxylic acids is 3. The Balaban J connectivity index is 1.64. The Morgan fingerprint density at radius 3 is 2.49 bits per heavy atom. The topological polar surface area (TPSA) is 99.6 Å². The quantitative estimate of drug-likeness (QED) is 0.268. The number of hydrogen-bond donors (Lipinski definition) is 1. The van der Waals surface area contributed by atoms with Crippen molar-refractivity contribution in [1.29, 1.82) is 0 Å². The Morgan fingerprint density at radius 2 is 1.78 bits per heavy atom. The zero-order chi connectivity index (χ0) is 26.2. The van der Waals surface area contributed by atoms with Crippen LogP contribution >= 0.6 is 0 Å². The van der Waals surface area contributed by atoms with Gasteiger partial charge in [0.1, 0.15) is 18.1 Å². The summed E-state index contributed by atoms with van der Waals surface area (Å²) >= 11 is 0. The van der Waals surface area contributed by atoms with Gasteiger partial charge in [-0.2, -0.15) is 0 Å². The molecule has 3 heterocycles. The van der Waals surface area contributed by atoms with E-state index in [4.69, 9.17) is 9.47 Å². The van der Waals surface area contributed by atoms with Crippen molar-refractivity contribution >= 4 is 29.0 Å². The van der Waals surface area contributed by atoms with Crippen molar-refractivity contribution in [3.63, 3.8) is 0 Å². The van der Waals surface area contributed by atoms with Crippen LogP contribution < -0.4 is 9.64 Å². The summed E-state index contributed by atoms with van der Waals surface area (Å²) in [6, 6.07) is 13.6. The Hall–Kier alpha value is -3.95. The van der Waals surface area contributed by atoms with E-state index in [1.54, 1.807) is 61.7 Å². The average molecular weight is 504 g/mol. The number of ether oxygens (including phenoxy) is 2. The number of likely N-dealkylation sites (N-methyl/N-ethyl adjacent to an activating group) is 1. The maximum Gasteiger partial charge on any atom is 0.296 e. The van der Waals surface area contributed by atoms with Gasteiger partial charge >= 0.3 is 0 Å². The second kappa shape index (κ2) is 9.84. The molecule has 9 nitrogen and oxygen atoms in total. The van der Waals surface area contributed by atoms with Crippen molar-refractivity contribution in [1.82, 2.24) is 9.80 Å². The van der Waals surface area contributed by atoms with Crippen LogP contribution in [0.15, 0.2) is 66.8 Å². The fourth-order valence-electron chi connectivity index (χ4n) is 5.35. The normalized spacial score (nSPS) is 23.1. The number of hydrogen-bond acceptors (Lipinski definition) is 7. The second-order valence-electron chi connectivity index (χ2n) is 9.18. The summed E-state index contributed by atoms with van der Waals surface area (Å²) in [4.78, 5) is 46.0. The molecule has 0 radical (unpaired) electrons. The predicted molar refractivity (Wildman–Crippen MR) is 137 cm³/mol. The van der Waals surface area contributed by atoms with E-state index in [0.29, 0.717) is 62.0 Å². The molecule has 1 N–H and O–H groups in total. The van der Waals surface area contributed by atoms with Crippen molar-refractivity contribution in [2.24, 2.45) is 0 Å². The molecule has 192 valence electrons. The van der Waals surface area contributed by atoms with E-state index >= 15 is 0 Å². The number of nitrogens with zero attached hydrogens (tertiary/aromatic N) is 3. The minimum Gasteiger partial charge on any atom is -0.507 e. The lowest BCUT2D eigenvalue weighted by atomic mass is 9.82. The number of anilines is 1. The highest BCUT2D eigenvalue weighted by molar-refractivity contribution is 6.50. The highest BCUT2D eigenvalue weighted by atomic mass is 16.5. The average Bonchev–Trinajstić information content (AvgIpc) is 3.29. The Labute approximate surface area is 215 Å². The van der Waals surface area contributed by atoms with E-state index in [-0.39, 0.29) is 12.1 Å². The molecule has 2 saturated heterocycles. The van der Waals surface area contributed by atoms with Crippen LogP contribution in [0.25, 0.3) is 5.76 Å². The number of fused-ring (bicyclic) bond motifs is 2. The van der Waals surface area contributed by atoms with Gasteiger partial charge in [-0.05, 0) is 30.3 Å². The summed E-state index contributed by atoms with van der Waals surface area (Å²) in [7, 11) is 1.61. The number of benzene rings is 2. The lowest BCUT2D eigenvalue weighted by Crippen LogP contribution is -2.53. The fourth-order valence-corrected chi connectivity index (χ4v) is 5.35. The molecule has 37 heavy (non-hydrogen) atoms. The first-order chi connectivity index (χ1) is 17.9. The van der Waals surface area contributed by atoms with Crippen molar-refractivity contribution in [2.45, 2.75) is 5.54 Å². The molecule has 3 aliphatic rings. The van der Waals surface area contributed by atoms with Gasteiger partial charge in [0, 0.05) is 50.0 Å². The van der Waals surface area contributed by atoms with Gasteiger partial charge in [-0.25, -0.2) is 0 Å². The molecule has 1 spiro atoms. The van der Waals surface area contributed by atoms with E-state index < -0.39 is 28.9 Å². The first-order valence-electron chi connectivity index (χ1n) is 12.2. The minimum atomic E-state index is -1.76. The summed E-state index contributed by atoms with van der Waals surface area (Å²) < 4.78 is 10.9. The summed E-state index contributed by atoms with van der Waals surface area (Å²) in [6.07, 6.45) is 1.62. The first kappa shape index (κ1) is 24.7. The Bertz CT molecular complexity index is 1280. The standard InChI is InChI=1S/C28H29N3O6/c1-3-16-37-20-10-8-19(9-11-20)24(32)23-25(33)26(34)31(13-12-30-14-17-36-18-15-30)28(23)21-6-4-5-7-22(21)29(2)27(28)35/h3-11,32H,1,12-18H2,2H3/t28-/m0/s1. The smallest absolute Gasteiger partial charge is 0.296 e. The van der Waals surface area contributed by atoms with Crippen LogP contribution in [0.4, 0.5) is 5.69 Å². The van der Waals surface area contributed by atoms with Gasteiger partial charge in [0.05, 0.1) is 18.8 Å². The number of para-hydroxylation sites is 1. The second-order valence-corrected chi connectivity index (χ2v) is 9.18. The third kappa shape index (κ3) is 3.91. The molecule has 0 aromatic heterocycles. The molecule has 0 aliphatic carbocycles. The monoisotopic (exact) mass is 503 g/mol. The Morgan fingerprint density at radius 1 is 1.08 bits per heavy atom. The van der Waals surface area contributed by atoms with Crippen LogP contribution in [0.2, 0.25) is 0 Å². The van der Waals surface area contributed by atoms with E-state index in [9.17, 15) is 19.5 Å². The molecule has 2 aromatic rings. The molecule has 2 fully saturated rings. The summed E-state index contributed by atoms with van der Waals surface area (Å²) in [5.74, 6) is -1.99. The van der Waals surface area contributed by atoms with Crippen LogP contribution in [-0.2, 0) is 24.7 Å². The number of aliphatic hydroxyl groups is 1. The number of rotatable bonds is 7. The molecule has 1 atom stereocenters. The van der Waals surface area contributed by atoms with Crippen LogP contribution in [0.5, 0.6) is 5.75 Å². The number of morpholine rings is 1. The highest BCUT2D eigenvalue weighted by Crippen LogP contribution is 2.53. The minimum absolute atomic E-state index is 0.142.